The molecule has 2 amide bonds. The molecule has 0 saturated carbocycles. The lowest BCUT2D eigenvalue weighted by Crippen LogP contribution is -2.41. The normalized spacial score (nSPS) is 13.0. The molecule has 0 radical (unpaired) electrons. The van der Waals surface area contributed by atoms with Crippen molar-refractivity contribution in [3.63, 3.8) is 0 Å². The Morgan fingerprint density at radius 3 is 2.58 bits per heavy atom. The largest absolute Gasteiger partial charge is 0.393 e. The number of carbonyl (C=O) groups is 1. The van der Waals surface area contributed by atoms with Crippen molar-refractivity contribution < 1.29 is 14.3 Å². The summed E-state index contributed by atoms with van der Waals surface area (Å²) in [5, 5.41) is 15.0. The van der Waals surface area contributed by atoms with Crippen LogP contribution in [0.4, 0.5) is 9.18 Å². The van der Waals surface area contributed by atoms with E-state index in [9.17, 15) is 14.3 Å². The molecule has 1 rings (SSSR count). The first-order chi connectivity index (χ1) is 11.1. The first-order valence-corrected chi connectivity index (χ1v) is 8.21. The van der Waals surface area contributed by atoms with Crippen LogP contribution < -0.4 is 10.6 Å². The molecule has 3 N–H and O–H groups in total. The van der Waals surface area contributed by atoms with Gasteiger partial charge in [-0.05, 0) is 50.6 Å². The van der Waals surface area contributed by atoms with Crippen molar-refractivity contribution in [2.75, 3.05) is 20.6 Å². The number of rotatable bonds is 8. The number of benzene rings is 1. The fourth-order valence-corrected chi connectivity index (χ4v) is 2.64. The van der Waals surface area contributed by atoms with Gasteiger partial charge in [0.15, 0.2) is 0 Å². The first kappa shape index (κ1) is 20.4. The van der Waals surface area contributed by atoms with Crippen molar-refractivity contribution in [2.45, 2.75) is 46.4 Å². The molecular weight excluding hydrogens is 309 g/mol. The number of aliphatic hydroxyl groups excluding tert-OH is 1. The van der Waals surface area contributed by atoms with Gasteiger partial charge in [-0.1, -0.05) is 19.9 Å². The fraction of sp³-hybridized carbons (Fsp3) is 0.611. The maximum absolute atomic E-state index is 13.7. The van der Waals surface area contributed by atoms with Gasteiger partial charge in [-0.2, -0.15) is 0 Å². The maximum atomic E-state index is 13.7. The van der Waals surface area contributed by atoms with E-state index in [0.717, 1.165) is 5.56 Å². The summed E-state index contributed by atoms with van der Waals surface area (Å²) in [6, 6.07) is 4.60. The molecule has 1 aromatic rings. The molecule has 24 heavy (non-hydrogen) atoms. The van der Waals surface area contributed by atoms with Crippen LogP contribution in [0.25, 0.3) is 0 Å². The quantitative estimate of drug-likeness (QED) is 0.682. The summed E-state index contributed by atoms with van der Waals surface area (Å²) in [6.45, 7) is 7.05. The van der Waals surface area contributed by atoms with Crippen LogP contribution in [-0.2, 0) is 13.1 Å². The van der Waals surface area contributed by atoms with Gasteiger partial charge in [0.2, 0.25) is 0 Å². The number of hydrogen-bond donors (Lipinski definition) is 3. The molecule has 0 spiro atoms. The molecule has 0 saturated heterocycles. The summed E-state index contributed by atoms with van der Waals surface area (Å²) in [5.41, 5.74) is 1.28. The van der Waals surface area contributed by atoms with Gasteiger partial charge in [0.1, 0.15) is 5.82 Å². The number of aliphatic hydroxyl groups is 1. The first-order valence-electron chi connectivity index (χ1n) is 8.21. The highest BCUT2D eigenvalue weighted by molar-refractivity contribution is 5.73. The Balaban J connectivity index is 2.50. The summed E-state index contributed by atoms with van der Waals surface area (Å²) < 4.78 is 13.7. The van der Waals surface area contributed by atoms with Crippen LogP contribution in [0.1, 0.15) is 38.3 Å². The minimum absolute atomic E-state index is 0.180. The summed E-state index contributed by atoms with van der Waals surface area (Å²) in [4.78, 5) is 13.8. The van der Waals surface area contributed by atoms with Gasteiger partial charge in [-0.3, -0.25) is 0 Å². The third-order valence-corrected chi connectivity index (χ3v) is 3.63. The highest BCUT2D eigenvalue weighted by atomic mass is 19.1. The Morgan fingerprint density at radius 2 is 2.00 bits per heavy atom. The van der Waals surface area contributed by atoms with Crippen LogP contribution in [0.5, 0.6) is 0 Å². The lowest BCUT2D eigenvalue weighted by atomic mass is 9.87. The van der Waals surface area contributed by atoms with Gasteiger partial charge in [0, 0.05) is 25.2 Å². The number of halogens is 1. The molecule has 0 aliphatic rings. The summed E-state index contributed by atoms with van der Waals surface area (Å²) in [5.74, 6) is -0.239. The van der Waals surface area contributed by atoms with Crippen molar-refractivity contribution in [1.29, 1.82) is 0 Å². The smallest absolute Gasteiger partial charge is 0.315 e. The maximum Gasteiger partial charge on any atom is 0.315 e. The van der Waals surface area contributed by atoms with Crippen LogP contribution in [0.15, 0.2) is 18.2 Å². The van der Waals surface area contributed by atoms with Gasteiger partial charge >= 0.3 is 6.03 Å². The molecule has 1 atom stereocenters. The fourth-order valence-electron chi connectivity index (χ4n) is 2.64. The van der Waals surface area contributed by atoms with Crippen LogP contribution in [0, 0.1) is 11.2 Å². The minimum Gasteiger partial charge on any atom is -0.393 e. The van der Waals surface area contributed by atoms with Gasteiger partial charge < -0.3 is 20.6 Å². The molecule has 0 aliphatic heterocycles. The zero-order chi connectivity index (χ0) is 18.3. The van der Waals surface area contributed by atoms with Gasteiger partial charge in [-0.25, -0.2) is 9.18 Å². The zero-order valence-electron chi connectivity index (χ0n) is 15.3. The lowest BCUT2D eigenvalue weighted by Gasteiger charge is -2.26. The molecule has 1 aromatic carbocycles. The Morgan fingerprint density at radius 1 is 1.33 bits per heavy atom. The summed E-state index contributed by atoms with van der Waals surface area (Å²) in [6.07, 6.45) is 0.207. The van der Waals surface area contributed by atoms with Gasteiger partial charge in [0.05, 0.1) is 6.10 Å². The second-order valence-corrected chi connectivity index (χ2v) is 7.42. The summed E-state index contributed by atoms with van der Waals surface area (Å²) in [7, 11) is 3.76. The Labute approximate surface area is 144 Å². The SMILES string of the molecule is CC(O)CC(C)(C)CNC(=O)NCc1ccc(F)c(CN(C)C)c1. The molecule has 136 valence electrons. The third-order valence-electron chi connectivity index (χ3n) is 3.63. The minimum atomic E-state index is -0.404. The van der Waals surface area contributed by atoms with E-state index in [1.54, 1.807) is 19.1 Å². The molecule has 0 bridgehead atoms. The topological polar surface area (TPSA) is 64.6 Å². The van der Waals surface area contributed by atoms with E-state index in [-0.39, 0.29) is 17.3 Å². The molecule has 0 heterocycles. The van der Waals surface area contributed by atoms with E-state index in [1.165, 1.54) is 6.07 Å². The van der Waals surface area contributed by atoms with E-state index in [1.807, 2.05) is 32.8 Å². The van der Waals surface area contributed by atoms with Crippen LogP contribution in [0.3, 0.4) is 0 Å². The number of nitrogens with zero attached hydrogens (tertiary/aromatic N) is 1. The third kappa shape index (κ3) is 7.75. The average Bonchev–Trinajstić information content (AvgIpc) is 2.44. The number of carbonyl (C=O) groups excluding carboxylic acids is 1. The number of hydrogen-bond acceptors (Lipinski definition) is 3. The highest BCUT2D eigenvalue weighted by Gasteiger charge is 2.21. The van der Waals surface area contributed by atoms with Crippen LogP contribution in [-0.4, -0.2) is 42.8 Å². The molecule has 0 fully saturated rings. The van der Waals surface area contributed by atoms with Crippen molar-refractivity contribution in [2.24, 2.45) is 5.41 Å². The highest BCUT2D eigenvalue weighted by Crippen LogP contribution is 2.21. The molecule has 1 unspecified atom stereocenters. The van der Waals surface area contributed by atoms with E-state index in [2.05, 4.69) is 10.6 Å². The zero-order valence-corrected chi connectivity index (χ0v) is 15.3. The van der Waals surface area contributed by atoms with E-state index in [0.29, 0.717) is 31.6 Å². The van der Waals surface area contributed by atoms with E-state index >= 15 is 0 Å². The average molecular weight is 339 g/mol. The van der Waals surface area contributed by atoms with E-state index in [4.69, 9.17) is 0 Å². The van der Waals surface area contributed by atoms with Crippen LogP contribution >= 0.6 is 0 Å². The second kappa shape index (κ2) is 8.99. The van der Waals surface area contributed by atoms with E-state index < -0.39 is 6.10 Å². The van der Waals surface area contributed by atoms with Crippen molar-refractivity contribution in [3.05, 3.63) is 35.1 Å². The Bertz CT molecular complexity index is 545. The van der Waals surface area contributed by atoms with Crippen LogP contribution in [0.2, 0.25) is 0 Å². The number of urea groups is 1. The van der Waals surface area contributed by atoms with Gasteiger partial charge in [0.25, 0.3) is 0 Å². The molecule has 5 nitrogen and oxygen atoms in total. The van der Waals surface area contributed by atoms with Crippen molar-refractivity contribution in [1.82, 2.24) is 15.5 Å². The number of nitrogens with one attached hydrogen (secondary N) is 2. The molecular formula is C18H30FN3O2. The van der Waals surface area contributed by atoms with Crippen molar-refractivity contribution in [3.8, 4) is 0 Å². The van der Waals surface area contributed by atoms with Crippen molar-refractivity contribution >= 4 is 6.03 Å². The molecule has 6 heteroatoms. The molecule has 0 aromatic heterocycles. The second-order valence-electron chi connectivity index (χ2n) is 7.42. The predicted octanol–water partition coefficient (Wildman–Crippen LogP) is 2.48. The predicted molar refractivity (Wildman–Crippen MR) is 94.1 cm³/mol. The number of amides is 2. The summed E-state index contributed by atoms with van der Waals surface area (Å²) >= 11 is 0. The monoisotopic (exact) mass is 339 g/mol. The molecule has 0 aliphatic carbocycles. The standard InChI is InChI=1S/C18H30FN3O2/c1-13(23)9-18(2,3)12-21-17(24)20-10-14-6-7-16(19)15(8-14)11-22(4)5/h6-8,13,23H,9-12H2,1-5H3,(H2,20,21,24). The lowest BCUT2D eigenvalue weighted by molar-refractivity contribution is 0.129. The van der Waals surface area contributed by atoms with Gasteiger partial charge in [-0.15, -0.1) is 0 Å². The Kier molecular flexibility index (Phi) is 7.63. The Hall–Kier alpha value is -1.66.